The van der Waals surface area contributed by atoms with Crippen LogP contribution in [-0.2, 0) is 16.0 Å². The maximum atomic E-state index is 13.7. The SMILES string of the molecule is CC(=O)C(=O)Cc1ccc(C#Cc2ccc(C)cc2F)cc1. The molecule has 0 aromatic heterocycles. The lowest BCUT2D eigenvalue weighted by molar-refractivity contribution is -0.134. The molecule has 0 saturated heterocycles. The number of hydrogen-bond donors (Lipinski definition) is 0. The van der Waals surface area contributed by atoms with E-state index in [2.05, 4.69) is 11.8 Å². The van der Waals surface area contributed by atoms with Gasteiger partial charge in [-0.2, -0.15) is 0 Å². The average Bonchev–Trinajstić information content (AvgIpc) is 2.47. The van der Waals surface area contributed by atoms with Crippen LogP contribution in [0.2, 0.25) is 0 Å². The number of halogens is 1. The van der Waals surface area contributed by atoms with Crippen LogP contribution in [0.15, 0.2) is 42.5 Å². The van der Waals surface area contributed by atoms with Gasteiger partial charge in [-0.05, 0) is 42.3 Å². The predicted octanol–water partition coefficient (Wildman–Crippen LogP) is 3.23. The summed E-state index contributed by atoms with van der Waals surface area (Å²) in [5.41, 5.74) is 2.68. The molecule has 0 unspecified atom stereocenters. The minimum Gasteiger partial charge on any atom is -0.291 e. The molecule has 0 bridgehead atoms. The molecule has 2 nitrogen and oxygen atoms in total. The summed E-state index contributed by atoms with van der Waals surface area (Å²) >= 11 is 0. The zero-order chi connectivity index (χ0) is 16.1. The smallest absolute Gasteiger partial charge is 0.202 e. The largest absolute Gasteiger partial charge is 0.291 e. The number of carbonyl (C=O) groups is 2. The van der Waals surface area contributed by atoms with Gasteiger partial charge < -0.3 is 0 Å². The van der Waals surface area contributed by atoms with Gasteiger partial charge in [-0.3, -0.25) is 9.59 Å². The third kappa shape index (κ3) is 4.13. The number of Topliss-reactive ketones (excluding diaryl/α,β-unsaturated/α-hetero) is 2. The molecule has 0 saturated carbocycles. The van der Waals surface area contributed by atoms with E-state index in [0.29, 0.717) is 5.56 Å². The molecule has 0 amide bonds. The van der Waals surface area contributed by atoms with Crippen molar-refractivity contribution in [1.29, 1.82) is 0 Å². The summed E-state index contributed by atoms with van der Waals surface area (Å²) < 4.78 is 13.7. The van der Waals surface area contributed by atoms with Gasteiger partial charge in [-0.1, -0.05) is 30.0 Å². The number of carbonyl (C=O) groups excluding carboxylic acids is 2. The first kappa shape index (κ1) is 15.7. The van der Waals surface area contributed by atoms with Crippen molar-refractivity contribution in [2.24, 2.45) is 0 Å². The Morgan fingerprint density at radius 1 is 1.05 bits per heavy atom. The topological polar surface area (TPSA) is 34.1 Å². The van der Waals surface area contributed by atoms with E-state index in [1.807, 2.05) is 13.0 Å². The minimum absolute atomic E-state index is 0.0929. The van der Waals surface area contributed by atoms with E-state index >= 15 is 0 Å². The van der Waals surface area contributed by atoms with Crippen LogP contribution in [-0.4, -0.2) is 11.6 Å². The normalized spacial score (nSPS) is 9.77. The van der Waals surface area contributed by atoms with Crippen LogP contribution in [0.1, 0.15) is 29.2 Å². The first-order chi connectivity index (χ1) is 10.5. The third-order valence-corrected chi connectivity index (χ3v) is 3.18. The second-order valence-electron chi connectivity index (χ2n) is 5.09. The number of ketones is 2. The molecule has 3 heteroatoms. The Morgan fingerprint density at radius 3 is 2.32 bits per heavy atom. The molecule has 2 aromatic rings. The number of hydrogen-bond acceptors (Lipinski definition) is 2. The van der Waals surface area contributed by atoms with Gasteiger partial charge in [0.15, 0.2) is 5.78 Å². The van der Waals surface area contributed by atoms with Gasteiger partial charge in [0.2, 0.25) is 5.78 Å². The van der Waals surface area contributed by atoms with Gasteiger partial charge >= 0.3 is 0 Å². The predicted molar refractivity (Wildman–Crippen MR) is 83.0 cm³/mol. The molecule has 0 aliphatic rings. The van der Waals surface area contributed by atoms with Gasteiger partial charge in [-0.15, -0.1) is 0 Å². The number of aryl methyl sites for hydroxylation is 1. The van der Waals surface area contributed by atoms with Gasteiger partial charge in [-0.25, -0.2) is 4.39 Å². The summed E-state index contributed by atoms with van der Waals surface area (Å²) in [7, 11) is 0. The van der Waals surface area contributed by atoms with Crippen LogP contribution >= 0.6 is 0 Å². The fourth-order valence-electron chi connectivity index (χ4n) is 1.88. The molecule has 0 N–H and O–H groups in total. The fourth-order valence-corrected chi connectivity index (χ4v) is 1.88. The van der Waals surface area contributed by atoms with Crippen molar-refractivity contribution in [2.45, 2.75) is 20.3 Å². The second-order valence-corrected chi connectivity index (χ2v) is 5.09. The zero-order valence-electron chi connectivity index (χ0n) is 12.4. The van der Waals surface area contributed by atoms with E-state index in [1.54, 1.807) is 30.3 Å². The van der Waals surface area contributed by atoms with E-state index in [0.717, 1.165) is 16.7 Å². The Hall–Kier alpha value is -2.73. The monoisotopic (exact) mass is 294 g/mol. The van der Waals surface area contributed by atoms with Crippen LogP contribution in [0.3, 0.4) is 0 Å². The standard InChI is InChI=1S/C19H15FO2/c1-13-3-9-17(18(20)11-13)10-8-15-4-6-16(7-5-15)12-19(22)14(2)21/h3-7,9,11H,12H2,1-2H3. The highest BCUT2D eigenvalue weighted by molar-refractivity contribution is 6.36. The zero-order valence-corrected chi connectivity index (χ0v) is 12.4. The molecule has 2 rings (SSSR count). The highest BCUT2D eigenvalue weighted by Gasteiger charge is 2.08. The lowest BCUT2D eigenvalue weighted by Gasteiger charge is -1.99. The van der Waals surface area contributed by atoms with Crippen LogP contribution in [0.5, 0.6) is 0 Å². The number of benzene rings is 2. The molecule has 2 aromatic carbocycles. The van der Waals surface area contributed by atoms with Crippen molar-refractivity contribution in [3.63, 3.8) is 0 Å². The van der Waals surface area contributed by atoms with E-state index in [9.17, 15) is 14.0 Å². The summed E-state index contributed by atoms with van der Waals surface area (Å²) in [6.07, 6.45) is 0.0929. The van der Waals surface area contributed by atoms with Crippen LogP contribution in [0.25, 0.3) is 0 Å². The summed E-state index contributed by atoms with van der Waals surface area (Å²) in [6, 6.07) is 11.9. The molecule has 0 fully saturated rings. The van der Waals surface area contributed by atoms with Gasteiger partial charge in [0.05, 0.1) is 5.56 Å². The average molecular weight is 294 g/mol. The maximum Gasteiger partial charge on any atom is 0.202 e. The molecule has 0 aliphatic carbocycles. The Labute approximate surface area is 129 Å². The van der Waals surface area contributed by atoms with Crippen LogP contribution < -0.4 is 0 Å². The van der Waals surface area contributed by atoms with Gasteiger partial charge in [0.1, 0.15) is 5.82 Å². The molecule has 0 atom stereocenters. The van der Waals surface area contributed by atoms with E-state index < -0.39 is 11.6 Å². The molecule has 22 heavy (non-hydrogen) atoms. The third-order valence-electron chi connectivity index (χ3n) is 3.18. The Bertz CT molecular complexity index is 777. The van der Waals surface area contributed by atoms with E-state index in [-0.39, 0.29) is 12.2 Å². The summed E-state index contributed by atoms with van der Waals surface area (Å²) in [5.74, 6) is 4.47. The summed E-state index contributed by atoms with van der Waals surface area (Å²) in [5, 5.41) is 0. The number of rotatable bonds is 3. The van der Waals surface area contributed by atoms with Crippen molar-refractivity contribution in [1.82, 2.24) is 0 Å². The quantitative estimate of drug-likeness (QED) is 0.643. The second kappa shape index (κ2) is 6.82. The summed E-state index contributed by atoms with van der Waals surface area (Å²) in [6.45, 7) is 3.08. The molecular weight excluding hydrogens is 279 g/mol. The van der Waals surface area contributed by atoms with Crippen molar-refractivity contribution in [2.75, 3.05) is 0 Å². The Balaban J connectivity index is 2.13. The fraction of sp³-hybridized carbons (Fsp3) is 0.158. The molecule has 110 valence electrons. The first-order valence-electron chi connectivity index (χ1n) is 6.86. The van der Waals surface area contributed by atoms with E-state index in [1.165, 1.54) is 13.0 Å². The van der Waals surface area contributed by atoms with Crippen molar-refractivity contribution >= 4 is 11.6 Å². The molecule has 0 spiro atoms. The summed E-state index contributed by atoms with van der Waals surface area (Å²) in [4.78, 5) is 22.3. The molecule has 0 radical (unpaired) electrons. The van der Waals surface area contributed by atoms with Gasteiger partial charge in [0.25, 0.3) is 0 Å². The van der Waals surface area contributed by atoms with Crippen LogP contribution in [0, 0.1) is 24.6 Å². The first-order valence-corrected chi connectivity index (χ1v) is 6.86. The lowest BCUT2D eigenvalue weighted by Crippen LogP contribution is -2.12. The van der Waals surface area contributed by atoms with Crippen molar-refractivity contribution in [3.8, 4) is 11.8 Å². The van der Waals surface area contributed by atoms with Gasteiger partial charge in [0, 0.05) is 18.9 Å². The van der Waals surface area contributed by atoms with Crippen molar-refractivity contribution < 1.29 is 14.0 Å². The minimum atomic E-state index is -0.446. The van der Waals surface area contributed by atoms with Crippen molar-refractivity contribution in [3.05, 3.63) is 70.5 Å². The highest BCUT2D eigenvalue weighted by atomic mass is 19.1. The lowest BCUT2D eigenvalue weighted by atomic mass is 10.0. The highest BCUT2D eigenvalue weighted by Crippen LogP contribution is 2.09. The Morgan fingerprint density at radius 2 is 1.73 bits per heavy atom. The molecule has 0 heterocycles. The Kier molecular flexibility index (Phi) is 4.85. The molecular formula is C19H15FO2. The van der Waals surface area contributed by atoms with Crippen LogP contribution in [0.4, 0.5) is 4.39 Å². The molecule has 0 aliphatic heterocycles. The van der Waals surface area contributed by atoms with E-state index in [4.69, 9.17) is 0 Å². The maximum absolute atomic E-state index is 13.7.